The number of hydrogen-bond donors (Lipinski definition) is 2. The number of likely N-dealkylation sites (N-methyl/N-ethyl adjacent to an activating group) is 1. The van der Waals surface area contributed by atoms with Gasteiger partial charge in [0.05, 0.1) is 16.9 Å². The van der Waals surface area contributed by atoms with Gasteiger partial charge < -0.3 is 25.1 Å². The molecule has 0 aromatic carbocycles. The lowest BCUT2D eigenvalue weighted by Crippen LogP contribution is -2.63. The minimum absolute atomic E-state index is 0.0598. The summed E-state index contributed by atoms with van der Waals surface area (Å²) in [4.78, 5) is 62.6. The van der Waals surface area contributed by atoms with E-state index >= 15 is 0 Å². The zero-order valence-electron chi connectivity index (χ0n) is 31.6. The molecular weight excluding hydrogens is 664 g/mol. The van der Waals surface area contributed by atoms with Crippen LogP contribution in [0.1, 0.15) is 129 Å². The van der Waals surface area contributed by atoms with Gasteiger partial charge >= 0.3 is 0 Å². The molecule has 8 aliphatic rings. The number of carbonyl (C=O) groups is 4. The van der Waals surface area contributed by atoms with Crippen LogP contribution in [0.25, 0.3) is 0 Å². The molecule has 0 aromatic rings. The van der Waals surface area contributed by atoms with Crippen LogP contribution >= 0.6 is 11.6 Å². The first-order valence-corrected chi connectivity index (χ1v) is 21.3. The Morgan fingerprint density at radius 1 is 0.843 bits per heavy atom. The van der Waals surface area contributed by atoms with E-state index in [1.165, 1.54) is 32.1 Å². The summed E-state index contributed by atoms with van der Waals surface area (Å²) in [6.07, 6.45) is 17.6. The number of likely N-dealkylation sites (tertiary alicyclic amines) is 1. The summed E-state index contributed by atoms with van der Waals surface area (Å²) in [5.41, 5.74) is -1.19. The van der Waals surface area contributed by atoms with E-state index in [4.69, 9.17) is 11.6 Å². The van der Waals surface area contributed by atoms with Crippen LogP contribution in [0.5, 0.6) is 0 Å². The average molecular weight is 729 g/mol. The lowest BCUT2D eigenvalue weighted by atomic mass is 9.43. The molecule has 51 heavy (non-hydrogen) atoms. The number of carbonyl (C=O) groups excluding carboxylic acids is 4. The van der Waals surface area contributed by atoms with Crippen molar-refractivity contribution in [2.75, 3.05) is 33.7 Å². The third kappa shape index (κ3) is 7.47. The Bertz CT molecular complexity index is 1310. The Morgan fingerprint density at radius 2 is 1.51 bits per heavy atom. The lowest BCUT2D eigenvalue weighted by Gasteiger charge is -2.61. The molecule has 9 unspecified atom stereocenters. The molecule has 4 bridgehead atoms. The first-order chi connectivity index (χ1) is 24.4. The van der Waals surface area contributed by atoms with Crippen molar-refractivity contribution in [2.45, 2.75) is 152 Å². The zero-order valence-corrected chi connectivity index (χ0v) is 32.4. The second-order valence-electron chi connectivity index (χ2n) is 18.8. The molecule has 8 fully saturated rings. The number of nitrogens with one attached hydrogen (secondary N) is 1. The summed E-state index contributed by atoms with van der Waals surface area (Å²) in [6, 6.07) is -1.50. The number of nitrogens with zero attached hydrogens (tertiary/aromatic N) is 3. The average Bonchev–Trinajstić information content (AvgIpc) is 3.51. The van der Waals surface area contributed by atoms with Gasteiger partial charge in [-0.05, 0) is 113 Å². The van der Waals surface area contributed by atoms with Crippen molar-refractivity contribution in [1.29, 1.82) is 0 Å². The molecule has 10 heteroatoms. The standard InChI is InChI=1S/C41H65ClN4O5/c1-4-44(2)38(50)40-19-27-15-28(20-40)22-41(21-27,25-40)39(51)46-24-32(47)18-35(46)36(48)43-34(17-26-13-14-29-9-5-6-10-30(29)16-26)37(49)45(3)23-31-11-7-8-12-33(31)42/h26-35,47H,4-25H2,1-3H3,(H,43,48)/t26?,27?,28?,29?,30?,31?,32-,33?,34?,35?,40?,41?/m1/s1. The molecular formula is C41H65ClN4O5. The second-order valence-corrected chi connectivity index (χ2v) is 19.3. The van der Waals surface area contributed by atoms with E-state index in [2.05, 4.69) is 5.32 Å². The van der Waals surface area contributed by atoms with Crippen LogP contribution in [0.4, 0.5) is 0 Å². The van der Waals surface area contributed by atoms with Crippen LogP contribution in [0.3, 0.4) is 0 Å². The Labute approximate surface area is 311 Å². The first-order valence-electron chi connectivity index (χ1n) is 20.8. The van der Waals surface area contributed by atoms with Gasteiger partial charge in [-0.25, -0.2) is 0 Å². The highest BCUT2D eigenvalue weighted by Crippen LogP contribution is 2.66. The van der Waals surface area contributed by atoms with Gasteiger partial charge in [-0.1, -0.05) is 44.9 Å². The van der Waals surface area contributed by atoms with Crippen molar-refractivity contribution < 1.29 is 24.3 Å². The second kappa shape index (κ2) is 15.1. The summed E-state index contributed by atoms with van der Waals surface area (Å²) in [5, 5.41) is 14.2. The fourth-order valence-corrected chi connectivity index (χ4v) is 13.3. The Balaban J connectivity index is 1.09. The fourth-order valence-electron chi connectivity index (χ4n) is 13.0. The fraction of sp³-hybridized carbons (Fsp3) is 0.902. The van der Waals surface area contributed by atoms with Gasteiger partial charge in [-0.2, -0.15) is 0 Å². The van der Waals surface area contributed by atoms with Crippen LogP contribution in [0, 0.1) is 46.3 Å². The van der Waals surface area contributed by atoms with Crippen LogP contribution in [-0.2, 0) is 19.2 Å². The molecule has 0 aromatic heterocycles. The molecule has 7 aliphatic carbocycles. The van der Waals surface area contributed by atoms with E-state index < -0.39 is 29.0 Å². The van der Waals surface area contributed by atoms with E-state index in [0.717, 1.165) is 76.5 Å². The summed E-state index contributed by atoms with van der Waals surface area (Å²) < 4.78 is 0. The number of rotatable bonds is 10. The van der Waals surface area contributed by atoms with Crippen LogP contribution in [0.2, 0.25) is 0 Å². The number of alkyl halides is 1. The smallest absolute Gasteiger partial charge is 0.244 e. The SMILES string of the molecule is CCN(C)C(=O)C12CC3CC(C1)CC(C(=O)N1C[C@H](O)CC1C(=O)NC(CC1CCC4CCCCC4C1)C(=O)N(C)CC1CCCCC1Cl)(C3)C2. The molecule has 0 spiro atoms. The number of amides is 4. The maximum Gasteiger partial charge on any atom is 0.244 e. The minimum Gasteiger partial charge on any atom is -0.391 e. The van der Waals surface area contributed by atoms with Gasteiger partial charge in [-0.15, -0.1) is 11.6 Å². The quantitative estimate of drug-likeness (QED) is 0.279. The van der Waals surface area contributed by atoms with Crippen LogP contribution < -0.4 is 5.32 Å². The van der Waals surface area contributed by atoms with Crippen molar-refractivity contribution in [2.24, 2.45) is 46.3 Å². The number of halogens is 1. The van der Waals surface area contributed by atoms with Crippen LogP contribution in [-0.4, -0.2) is 101 Å². The molecule has 4 amide bonds. The van der Waals surface area contributed by atoms with Gasteiger partial charge in [0.2, 0.25) is 23.6 Å². The van der Waals surface area contributed by atoms with E-state index in [-0.39, 0.29) is 47.9 Å². The zero-order chi connectivity index (χ0) is 36.1. The largest absolute Gasteiger partial charge is 0.391 e. The first kappa shape index (κ1) is 37.4. The number of fused-ring (bicyclic) bond motifs is 1. The van der Waals surface area contributed by atoms with E-state index in [1.807, 2.05) is 25.9 Å². The Kier molecular flexibility index (Phi) is 11.1. The molecule has 8 rings (SSSR count). The summed E-state index contributed by atoms with van der Waals surface area (Å²) in [7, 11) is 3.72. The number of aliphatic hydroxyl groups is 1. The van der Waals surface area contributed by atoms with E-state index in [0.29, 0.717) is 49.6 Å². The van der Waals surface area contributed by atoms with E-state index in [9.17, 15) is 24.3 Å². The predicted molar refractivity (Wildman–Crippen MR) is 198 cm³/mol. The van der Waals surface area contributed by atoms with Crippen molar-refractivity contribution in [3.63, 3.8) is 0 Å². The summed E-state index contributed by atoms with van der Waals surface area (Å²) in [6.45, 7) is 3.34. The van der Waals surface area contributed by atoms with Crippen molar-refractivity contribution in [3.05, 3.63) is 0 Å². The summed E-state index contributed by atoms with van der Waals surface area (Å²) >= 11 is 6.73. The molecule has 1 aliphatic heterocycles. The third-order valence-corrected chi connectivity index (χ3v) is 15.7. The lowest BCUT2D eigenvalue weighted by molar-refractivity contribution is -0.180. The normalized spacial score (nSPS) is 40.7. The highest BCUT2D eigenvalue weighted by atomic mass is 35.5. The van der Waals surface area contributed by atoms with Gasteiger partial charge in [-0.3, -0.25) is 19.2 Å². The monoisotopic (exact) mass is 728 g/mol. The molecule has 2 N–H and O–H groups in total. The molecule has 0 radical (unpaired) electrons. The number of β-amino-alcohol motifs (C(OH)–C–C–N with tert-alkyl or cyclic N) is 1. The summed E-state index contributed by atoms with van der Waals surface area (Å²) in [5.74, 6) is 2.50. The minimum atomic E-state index is -0.828. The highest BCUT2D eigenvalue weighted by molar-refractivity contribution is 6.20. The van der Waals surface area contributed by atoms with Crippen molar-refractivity contribution in [1.82, 2.24) is 20.0 Å². The van der Waals surface area contributed by atoms with Gasteiger partial charge in [0.1, 0.15) is 12.1 Å². The Morgan fingerprint density at radius 3 is 2.22 bits per heavy atom. The van der Waals surface area contributed by atoms with Gasteiger partial charge in [0.25, 0.3) is 0 Å². The molecule has 7 saturated carbocycles. The highest BCUT2D eigenvalue weighted by Gasteiger charge is 2.65. The molecule has 1 heterocycles. The van der Waals surface area contributed by atoms with Gasteiger partial charge in [0.15, 0.2) is 0 Å². The van der Waals surface area contributed by atoms with Crippen molar-refractivity contribution >= 4 is 35.2 Å². The maximum absolute atomic E-state index is 14.8. The predicted octanol–water partition coefficient (Wildman–Crippen LogP) is 5.75. The van der Waals surface area contributed by atoms with Crippen molar-refractivity contribution in [3.8, 4) is 0 Å². The Hall–Kier alpha value is -1.87. The van der Waals surface area contributed by atoms with E-state index in [1.54, 1.807) is 9.80 Å². The number of hydrogen-bond acceptors (Lipinski definition) is 5. The number of aliphatic hydroxyl groups excluding tert-OH is 1. The maximum atomic E-state index is 14.8. The molecule has 10 atom stereocenters. The molecule has 9 nitrogen and oxygen atoms in total. The molecule has 286 valence electrons. The topological polar surface area (TPSA) is 110 Å². The molecule has 1 saturated heterocycles. The van der Waals surface area contributed by atoms with Gasteiger partial charge in [0, 0.05) is 45.5 Å². The third-order valence-electron chi connectivity index (χ3n) is 15.2. The van der Waals surface area contributed by atoms with Crippen LogP contribution in [0.15, 0.2) is 0 Å².